The summed E-state index contributed by atoms with van der Waals surface area (Å²) in [6.45, 7) is 6.19. The predicted octanol–water partition coefficient (Wildman–Crippen LogP) is 1.15. The molecular formula is C26H26FN7O6. The number of hydrogen-bond acceptors (Lipinski definition) is 11. The molecule has 14 heteroatoms. The van der Waals surface area contributed by atoms with Gasteiger partial charge in [0.05, 0.1) is 48.2 Å². The fourth-order valence-corrected chi connectivity index (χ4v) is 6.53. The largest absolute Gasteiger partial charge is 0.378 e. The fraction of sp³-hybridized carbons (Fsp3) is 0.462. The highest BCUT2D eigenvalue weighted by atomic mass is 19.1. The first-order chi connectivity index (χ1) is 19.3. The van der Waals surface area contributed by atoms with Gasteiger partial charge in [0.15, 0.2) is 11.2 Å². The maximum absolute atomic E-state index is 16.4. The number of hydrogen-bond donors (Lipinski definition) is 2. The van der Waals surface area contributed by atoms with Crippen LogP contribution in [0.25, 0.3) is 22.4 Å². The number of nitrogens with zero attached hydrogens (tertiary/aromatic N) is 5. The summed E-state index contributed by atoms with van der Waals surface area (Å²) in [4.78, 5) is 51.5. The Kier molecular flexibility index (Phi) is 5.54. The number of aromatic nitrogens is 3. The van der Waals surface area contributed by atoms with Crippen LogP contribution < -0.4 is 20.4 Å². The van der Waals surface area contributed by atoms with Crippen molar-refractivity contribution in [2.75, 3.05) is 42.6 Å². The zero-order valence-corrected chi connectivity index (χ0v) is 21.8. The summed E-state index contributed by atoms with van der Waals surface area (Å²) in [6, 6.07) is 1.60. The second kappa shape index (κ2) is 8.93. The molecule has 3 saturated heterocycles. The van der Waals surface area contributed by atoms with Gasteiger partial charge in [0.2, 0.25) is 23.3 Å². The number of carbonyl (C=O) groups excluding carboxylic acids is 3. The van der Waals surface area contributed by atoms with Gasteiger partial charge in [-0.15, -0.1) is 0 Å². The summed E-state index contributed by atoms with van der Waals surface area (Å²) in [5.41, 5.74) is -0.409. The first kappa shape index (κ1) is 24.8. The molecule has 2 N–H and O–H groups in total. The summed E-state index contributed by atoms with van der Waals surface area (Å²) in [5, 5.41) is 8.99. The van der Waals surface area contributed by atoms with Gasteiger partial charge in [0, 0.05) is 32.3 Å². The van der Waals surface area contributed by atoms with E-state index in [0.29, 0.717) is 54.6 Å². The molecule has 4 aliphatic heterocycles. The standard InChI is InChI=1S/C26H26FN7O6/c1-12-11-34-19-14(10-26(21(34)13(2)39-12)22(35)30-25(37)31-23(26)36)9-15-18(32-40-20(15)17(19)27)16-3-4-28-24(29-16)33-5-7-38-8-6-33/h3-4,9,12-13,21H,5-8,10-11H2,1-2H3,(H2,30,31,35,36,37)/t12-,13+,21-/m1/s1. The lowest BCUT2D eigenvalue weighted by Gasteiger charge is -2.55. The number of fused-ring (bicyclic) bond motifs is 5. The minimum Gasteiger partial charge on any atom is -0.378 e. The van der Waals surface area contributed by atoms with Crippen molar-refractivity contribution in [3.05, 3.63) is 29.7 Å². The molecule has 0 saturated carbocycles. The van der Waals surface area contributed by atoms with E-state index in [1.54, 1.807) is 30.2 Å². The summed E-state index contributed by atoms with van der Waals surface area (Å²) >= 11 is 0. The van der Waals surface area contributed by atoms with E-state index >= 15 is 4.39 Å². The van der Waals surface area contributed by atoms with E-state index in [0.717, 1.165) is 0 Å². The molecule has 3 fully saturated rings. The Labute approximate surface area is 227 Å². The lowest BCUT2D eigenvalue weighted by Crippen LogP contribution is -2.75. The monoisotopic (exact) mass is 551 g/mol. The number of benzene rings is 1. The Morgan fingerprint density at radius 1 is 1.12 bits per heavy atom. The number of amides is 4. The minimum atomic E-state index is -1.73. The molecule has 208 valence electrons. The normalized spacial score (nSPS) is 26.0. The summed E-state index contributed by atoms with van der Waals surface area (Å²) in [7, 11) is 0. The Balaban J connectivity index is 1.39. The van der Waals surface area contributed by atoms with Crippen LogP contribution in [0.15, 0.2) is 22.9 Å². The number of morpholine rings is 2. The fourth-order valence-electron chi connectivity index (χ4n) is 6.53. The predicted molar refractivity (Wildman–Crippen MR) is 137 cm³/mol. The molecule has 4 aliphatic rings. The highest BCUT2D eigenvalue weighted by molar-refractivity contribution is 6.20. The molecule has 0 unspecified atom stereocenters. The molecule has 1 aromatic carbocycles. The zero-order valence-electron chi connectivity index (χ0n) is 21.8. The molecule has 6 heterocycles. The molecule has 0 aliphatic carbocycles. The maximum atomic E-state index is 16.4. The van der Waals surface area contributed by atoms with Crippen molar-refractivity contribution < 1.29 is 32.8 Å². The Bertz CT molecular complexity index is 1550. The van der Waals surface area contributed by atoms with E-state index in [2.05, 4.69) is 25.8 Å². The van der Waals surface area contributed by atoms with Crippen LogP contribution in [0.5, 0.6) is 0 Å². The number of halogens is 1. The second-order valence-electron chi connectivity index (χ2n) is 10.6. The van der Waals surface area contributed by atoms with Gasteiger partial charge in [-0.05, 0) is 31.5 Å². The van der Waals surface area contributed by atoms with Gasteiger partial charge in [-0.2, -0.15) is 0 Å². The van der Waals surface area contributed by atoms with Crippen LogP contribution in [0.3, 0.4) is 0 Å². The molecule has 13 nitrogen and oxygen atoms in total. The van der Waals surface area contributed by atoms with Crippen LogP contribution in [0.4, 0.5) is 20.8 Å². The van der Waals surface area contributed by atoms with E-state index in [4.69, 9.17) is 14.0 Å². The van der Waals surface area contributed by atoms with Gasteiger partial charge in [-0.3, -0.25) is 20.2 Å². The smallest absolute Gasteiger partial charge is 0.328 e. The van der Waals surface area contributed by atoms with Crippen molar-refractivity contribution in [3.8, 4) is 11.4 Å². The number of barbiturate groups is 1. The summed E-state index contributed by atoms with van der Waals surface area (Å²) < 4.78 is 33.3. The third-order valence-corrected chi connectivity index (χ3v) is 8.14. The van der Waals surface area contributed by atoms with E-state index in [-0.39, 0.29) is 30.3 Å². The van der Waals surface area contributed by atoms with Crippen molar-refractivity contribution in [2.45, 2.75) is 38.5 Å². The third-order valence-electron chi connectivity index (χ3n) is 8.14. The first-order valence-corrected chi connectivity index (χ1v) is 13.1. The number of imide groups is 2. The van der Waals surface area contributed by atoms with Gasteiger partial charge in [-0.1, -0.05) is 5.16 Å². The second-order valence-corrected chi connectivity index (χ2v) is 10.6. The summed E-state index contributed by atoms with van der Waals surface area (Å²) in [5.74, 6) is -1.65. The van der Waals surface area contributed by atoms with Crippen molar-refractivity contribution in [2.24, 2.45) is 5.41 Å². The molecule has 1 spiro atoms. The quantitative estimate of drug-likeness (QED) is 0.441. The third kappa shape index (κ3) is 3.52. The molecule has 2 aromatic heterocycles. The highest BCUT2D eigenvalue weighted by Crippen LogP contribution is 2.49. The molecule has 7 rings (SSSR count). The number of urea groups is 1. The first-order valence-electron chi connectivity index (χ1n) is 13.1. The highest BCUT2D eigenvalue weighted by Gasteiger charge is 2.63. The number of anilines is 2. The van der Waals surface area contributed by atoms with Gasteiger partial charge >= 0.3 is 6.03 Å². The lowest BCUT2D eigenvalue weighted by atomic mass is 9.66. The number of carbonyl (C=O) groups is 3. The van der Waals surface area contributed by atoms with Gasteiger partial charge < -0.3 is 23.8 Å². The van der Waals surface area contributed by atoms with E-state index < -0.39 is 41.2 Å². The molecule has 0 radical (unpaired) electrons. The van der Waals surface area contributed by atoms with Crippen LogP contribution in [0.1, 0.15) is 19.4 Å². The zero-order chi connectivity index (χ0) is 27.8. The Morgan fingerprint density at radius 2 is 1.88 bits per heavy atom. The van der Waals surface area contributed by atoms with Crippen LogP contribution in [-0.2, 0) is 25.5 Å². The summed E-state index contributed by atoms with van der Waals surface area (Å²) in [6.07, 6.45) is 0.510. The SMILES string of the molecule is C[C@@H]1CN2c3c(cc4c(-c5ccnc(N6CCOCC6)n5)noc4c3F)CC3(C(=O)NC(=O)NC3=O)[C@H]2[C@H](C)O1. The molecule has 3 aromatic rings. The number of rotatable bonds is 2. The van der Waals surface area contributed by atoms with Gasteiger partial charge in [0.25, 0.3) is 0 Å². The Hall–Kier alpha value is -4.17. The lowest BCUT2D eigenvalue weighted by molar-refractivity contribution is -0.153. The van der Waals surface area contributed by atoms with Crippen LogP contribution in [-0.4, -0.2) is 84.1 Å². The minimum absolute atomic E-state index is 0.0606. The molecule has 40 heavy (non-hydrogen) atoms. The van der Waals surface area contributed by atoms with Gasteiger partial charge in [-0.25, -0.2) is 19.2 Å². The average molecular weight is 552 g/mol. The number of ether oxygens (including phenoxy) is 2. The molecular weight excluding hydrogens is 525 g/mol. The van der Waals surface area contributed by atoms with Crippen LogP contribution in [0.2, 0.25) is 0 Å². The van der Waals surface area contributed by atoms with Crippen LogP contribution in [0, 0.1) is 11.2 Å². The van der Waals surface area contributed by atoms with E-state index in [9.17, 15) is 14.4 Å². The van der Waals surface area contributed by atoms with Crippen molar-refractivity contribution >= 4 is 40.5 Å². The van der Waals surface area contributed by atoms with Crippen molar-refractivity contribution in [1.82, 2.24) is 25.8 Å². The average Bonchev–Trinajstić information content (AvgIpc) is 3.36. The molecule has 0 bridgehead atoms. The number of nitrogens with one attached hydrogen (secondary N) is 2. The Morgan fingerprint density at radius 3 is 2.62 bits per heavy atom. The molecule has 4 amide bonds. The van der Waals surface area contributed by atoms with Crippen molar-refractivity contribution in [1.29, 1.82) is 0 Å². The maximum Gasteiger partial charge on any atom is 0.328 e. The molecule has 3 atom stereocenters. The van der Waals surface area contributed by atoms with E-state index in [1.807, 2.05) is 11.8 Å². The van der Waals surface area contributed by atoms with Crippen LogP contribution >= 0.6 is 0 Å². The topological polar surface area (TPSA) is 152 Å². The van der Waals surface area contributed by atoms with Crippen molar-refractivity contribution in [3.63, 3.8) is 0 Å². The van der Waals surface area contributed by atoms with Gasteiger partial charge in [0.1, 0.15) is 5.69 Å². The van der Waals surface area contributed by atoms with E-state index in [1.165, 1.54) is 0 Å².